The van der Waals surface area contributed by atoms with E-state index < -0.39 is 0 Å². The van der Waals surface area contributed by atoms with Crippen molar-refractivity contribution in [3.05, 3.63) is 88.4 Å². The molecule has 0 aromatic heterocycles. The van der Waals surface area contributed by atoms with E-state index in [2.05, 4.69) is 54.6 Å². The van der Waals surface area contributed by atoms with Crippen LogP contribution in [0.3, 0.4) is 0 Å². The Hall–Kier alpha value is -2.78. The Morgan fingerprint density at radius 3 is 2.26 bits per heavy atom. The van der Waals surface area contributed by atoms with Gasteiger partial charge >= 0.3 is 5.97 Å². The molecule has 4 aliphatic carbocycles. The predicted molar refractivity (Wildman–Crippen MR) is 152 cm³/mol. The van der Waals surface area contributed by atoms with Gasteiger partial charge in [-0.3, -0.25) is 4.79 Å². The van der Waals surface area contributed by atoms with Gasteiger partial charge in [0.05, 0.1) is 6.61 Å². The molecule has 0 N–H and O–H groups in total. The van der Waals surface area contributed by atoms with Crippen LogP contribution in [0.5, 0.6) is 5.75 Å². The van der Waals surface area contributed by atoms with Crippen LogP contribution < -0.4 is 4.74 Å². The summed E-state index contributed by atoms with van der Waals surface area (Å²) in [6.45, 7) is 2.82. The Kier molecular flexibility index (Phi) is 7.22. The minimum atomic E-state index is -0.168. The summed E-state index contributed by atoms with van der Waals surface area (Å²) in [4.78, 5) is 11.8. The van der Waals surface area contributed by atoms with Crippen LogP contribution in [-0.4, -0.2) is 12.6 Å². The first-order chi connectivity index (χ1) is 18.5. The highest BCUT2D eigenvalue weighted by Crippen LogP contribution is 2.62. The zero-order chi connectivity index (χ0) is 26.1. The molecule has 0 unspecified atom stereocenters. The predicted octanol–water partition coefficient (Wildman–Crippen LogP) is 8.55. The van der Waals surface area contributed by atoms with Crippen molar-refractivity contribution in [1.82, 2.24) is 0 Å². The van der Waals surface area contributed by atoms with E-state index in [4.69, 9.17) is 21.1 Å². The maximum atomic E-state index is 11.8. The number of carbonyl (C=O) groups is 1. The van der Waals surface area contributed by atoms with Gasteiger partial charge in [0.25, 0.3) is 0 Å². The van der Waals surface area contributed by atoms with Gasteiger partial charge in [-0.15, -0.1) is 0 Å². The second kappa shape index (κ2) is 10.8. The quantitative estimate of drug-likeness (QED) is 0.261. The van der Waals surface area contributed by atoms with Gasteiger partial charge in [-0.2, -0.15) is 0 Å². The lowest BCUT2D eigenvalue weighted by Crippen LogP contribution is -2.48. The van der Waals surface area contributed by atoms with Crippen LogP contribution in [0.25, 0.3) is 11.1 Å². The number of esters is 1. The molecule has 3 aromatic carbocycles. The fraction of sp³-hybridized carbons (Fsp3) is 0.441. The van der Waals surface area contributed by atoms with Crippen molar-refractivity contribution in [2.45, 2.75) is 70.3 Å². The fourth-order valence-corrected chi connectivity index (χ4v) is 8.15. The number of carbonyl (C=O) groups excluding carboxylic acids is 1. The van der Waals surface area contributed by atoms with E-state index in [1.54, 1.807) is 0 Å². The number of hydrogen-bond donors (Lipinski definition) is 0. The third kappa shape index (κ3) is 5.23. The first-order valence-corrected chi connectivity index (χ1v) is 14.6. The minimum absolute atomic E-state index is 0.168. The lowest BCUT2D eigenvalue weighted by Gasteiger charge is -2.57. The minimum Gasteiger partial charge on any atom is -0.489 e. The molecule has 0 spiro atoms. The highest BCUT2D eigenvalue weighted by molar-refractivity contribution is 6.33. The SMILES string of the molecule is CCOC(=O)CCc1ccc(-c2ccc(OCc3ccccc3)c(C34CC5CC(CC(C5)C3)C4)c2)c(Cl)c1. The van der Waals surface area contributed by atoms with Gasteiger partial charge in [-0.25, -0.2) is 0 Å². The highest BCUT2D eigenvalue weighted by Gasteiger charge is 2.52. The maximum absolute atomic E-state index is 11.8. The van der Waals surface area contributed by atoms with Gasteiger partial charge < -0.3 is 9.47 Å². The molecule has 4 heteroatoms. The molecule has 38 heavy (non-hydrogen) atoms. The van der Waals surface area contributed by atoms with Crippen LogP contribution in [0.4, 0.5) is 0 Å². The molecule has 0 amide bonds. The molecule has 0 atom stereocenters. The van der Waals surface area contributed by atoms with Gasteiger partial charge in [0.15, 0.2) is 0 Å². The molecule has 7 rings (SSSR count). The molecule has 0 aliphatic heterocycles. The van der Waals surface area contributed by atoms with Crippen molar-refractivity contribution in [1.29, 1.82) is 0 Å². The van der Waals surface area contributed by atoms with Gasteiger partial charge in [0.2, 0.25) is 0 Å². The van der Waals surface area contributed by atoms with Crippen molar-refractivity contribution in [3.63, 3.8) is 0 Å². The molecule has 0 heterocycles. The Labute approximate surface area is 231 Å². The third-order valence-electron chi connectivity index (χ3n) is 9.09. The molecule has 198 valence electrons. The second-order valence-corrected chi connectivity index (χ2v) is 12.2. The van der Waals surface area contributed by atoms with E-state index in [9.17, 15) is 4.79 Å². The lowest BCUT2D eigenvalue weighted by atomic mass is 9.48. The summed E-state index contributed by atoms with van der Waals surface area (Å²) in [6.07, 6.45) is 9.09. The molecular formula is C34H37ClO3. The number of ether oxygens (including phenoxy) is 2. The van der Waals surface area contributed by atoms with Crippen molar-refractivity contribution in [2.75, 3.05) is 6.61 Å². The largest absolute Gasteiger partial charge is 0.489 e. The van der Waals surface area contributed by atoms with Crippen LogP contribution in [0.2, 0.25) is 5.02 Å². The van der Waals surface area contributed by atoms with E-state index in [-0.39, 0.29) is 11.4 Å². The smallest absolute Gasteiger partial charge is 0.306 e. The number of halogens is 1. The molecule has 3 nitrogen and oxygen atoms in total. The first kappa shape index (κ1) is 25.5. The van der Waals surface area contributed by atoms with Crippen LogP contribution >= 0.6 is 11.6 Å². The molecule has 0 radical (unpaired) electrons. The monoisotopic (exact) mass is 528 g/mol. The Morgan fingerprint density at radius 1 is 0.895 bits per heavy atom. The number of rotatable bonds is 9. The maximum Gasteiger partial charge on any atom is 0.306 e. The number of hydrogen-bond acceptors (Lipinski definition) is 3. The summed E-state index contributed by atoms with van der Waals surface area (Å²) in [5.41, 5.74) is 6.01. The Bertz CT molecular complexity index is 1260. The van der Waals surface area contributed by atoms with Gasteiger partial charge in [-0.1, -0.05) is 60.1 Å². The molecule has 4 bridgehead atoms. The van der Waals surface area contributed by atoms with Crippen molar-refractivity contribution < 1.29 is 14.3 Å². The topological polar surface area (TPSA) is 35.5 Å². The van der Waals surface area contributed by atoms with Crippen molar-refractivity contribution >= 4 is 17.6 Å². The molecule has 3 aromatic rings. The van der Waals surface area contributed by atoms with E-state index in [1.165, 1.54) is 49.7 Å². The Balaban J connectivity index is 1.31. The zero-order valence-electron chi connectivity index (χ0n) is 22.3. The molecule has 4 fully saturated rings. The summed E-state index contributed by atoms with van der Waals surface area (Å²) in [7, 11) is 0. The standard InChI is InChI=1S/C34H37ClO3/c1-2-37-33(36)13-9-23-8-11-29(31(35)17-23)28-10-12-32(38-22-24-6-4-3-5-7-24)30(18-28)34-19-25-14-26(20-34)16-27(15-25)21-34/h3-8,10-12,17-18,25-27H,2,9,13-16,19-22H2,1H3. The summed E-state index contributed by atoms with van der Waals surface area (Å²) >= 11 is 6.85. The summed E-state index contributed by atoms with van der Waals surface area (Å²) in [6, 6.07) is 23.3. The van der Waals surface area contributed by atoms with Gasteiger partial charge in [-0.05, 0) is 110 Å². The van der Waals surface area contributed by atoms with E-state index >= 15 is 0 Å². The third-order valence-corrected chi connectivity index (χ3v) is 9.41. The zero-order valence-corrected chi connectivity index (χ0v) is 23.0. The van der Waals surface area contributed by atoms with E-state index in [1.807, 2.05) is 19.1 Å². The van der Waals surface area contributed by atoms with Crippen LogP contribution in [0, 0.1) is 17.8 Å². The lowest BCUT2D eigenvalue weighted by molar-refractivity contribution is -0.143. The highest BCUT2D eigenvalue weighted by atomic mass is 35.5. The fourth-order valence-electron chi connectivity index (χ4n) is 7.84. The number of benzene rings is 3. The van der Waals surface area contributed by atoms with E-state index in [0.717, 1.165) is 45.2 Å². The molecule has 0 saturated heterocycles. The first-order valence-electron chi connectivity index (χ1n) is 14.3. The van der Waals surface area contributed by atoms with Crippen LogP contribution in [-0.2, 0) is 28.0 Å². The Morgan fingerprint density at radius 2 is 1.61 bits per heavy atom. The van der Waals surface area contributed by atoms with Crippen LogP contribution in [0.1, 0.15) is 68.6 Å². The average molecular weight is 529 g/mol. The van der Waals surface area contributed by atoms with E-state index in [0.29, 0.717) is 26.1 Å². The summed E-state index contributed by atoms with van der Waals surface area (Å²) < 4.78 is 11.6. The summed E-state index contributed by atoms with van der Waals surface area (Å²) in [5.74, 6) is 3.43. The summed E-state index contributed by atoms with van der Waals surface area (Å²) in [5, 5.41) is 0.723. The van der Waals surface area contributed by atoms with Gasteiger partial charge in [0.1, 0.15) is 12.4 Å². The molecule has 4 saturated carbocycles. The molecular weight excluding hydrogens is 492 g/mol. The number of aryl methyl sites for hydroxylation is 1. The average Bonchev–Trinajstić information content (AvgIpc) is 2.91. The van der Waals surface area contributed by atoms with Crippen LogP contribution in [0.15, 0.2) is 66.7 Å². The second-order valence-electron chi connectivity index (χ2n) is 11.8. The van der Waals surface area contributed by atoms with Crippen molar-refractivity contribution in [3.8, 4) is 16.9 Å². The van der Waals surface area contributed by atoms with Gasteiger partial charge in [0, 0.05) is 22.6 Å². The van der Waals surface area contributed by atoms with Crippen molar-refractivity contribution in [2.24, 2.45) is 17.8 Å². The molecule has 4 aliphatic rings. The normalized spacial score (nSPS) is 25.4.